The fourth-order valence-electron chi connectivity index (χ4n) is 1.74. The van der Waals surface area contributed by atoms with Crippen LogP contribution in [0.5, 0.6) is 11.5 Å². The highest BCUT2D eigenvalue weighted by Crippen LogP contribution is 2.37. The molecule has 0 amide bonds. The van der Waals surface area contributed by atoms with Crippen molar-refractivity contribution in [2.24, 2.45) is 0 Å². The molecule has 1 aromatic rings. The monoisotopic (exact) mass is 219 g/mol. The number of methoxy groups -OCH3 is 1. The molecule has 0 aromatic heterocycles. The molecule has 1 aliphatic heterocycles. The van der Waals surface area contributed by atoms with Crippen LogP contribution in [-0.2, 0) is 17.8 Å². The average molecular weight is 219 g/mol. The quantitative estimate of drug-likeness (QED) is 0.776. The Hall–Kier alpha value is -1.73. The van der Waals surface area contributed by atoms with Gasteiger partial charge in [0, 0.05) is 18.2 Å². The zero-order valence-corrected chi connectivity index (χ0v) is 9.16. The van der Waals surface area contributed by atoms with Crippen molar-refractivity contribution in [3.8, 4) is 17.6 Å². The van der Waals surface area contributed by atoms with E-state index in [9.17, 15) is 0 Å². The number of ether oxygens (including phenoxy) is 3. The molecular weight excluding hydrogens is 206 g/mol. The summed E-state index contributed by atoms with van der Waals surface area (Å²) in [5, 5.41) is 8.72. The van der Waals surface area contributed by atoms with Gasteiger partial charge >= 0.3 is 0 Å². The standard InChI is InChI=1S/C12H13NO3/c1-14-8-10-3-2-9(4-5-13)11-12(10)16-7-6-15-11/h2-3H,4,6-8H2,1H3. The van der Waals surface area contributed by atoms with Gasteiger partial charge in [-0.2, -0.15) is 5.26 Å². The third kappa shape index (κ3) is 1.95. The molecule has 1 heterocycles. The van der Waals surface area contributed by atoms with Crippen molar-refractivity contribution >= 4 is 0 Å². The number of hydrogen-bond donors (Lipinski definition) is 0. The first kappa shape index (κ1) is 10.8. The molecule has 0 radical (unpaired) electrons. The molecule has 0 bridgehead atoms. The van der Waals surface area contributed by atoms with E-state index in [2.05, 4.69) is 6.07 Å². The largest absolute Gasteiger partial charge is 0.486 e. The van der Waals surface area contributed by atoms with Crippen LogP contribution in [0, 0.1) is 11.3 Å². The van der Waals surface area contributed by atoms with Crippen molar-refractivity contribution in [2.75, 3.05) is 20.3 Å². The lowest BCUT2D eigenvalue weighted by Crippen LogP contribution is -2.18. The van der Waals surface area contributed by atoms with Crippen LogP contribution in [0.3, 0.4) is 0 Å². The molecule has 4 nitrogen and oxygen atoms in total. The van der Waals surface area contributed by atoms with Crippen LogP contribution in [0.4, 0.5) is 0 Å². The zero-order valence-electron chi connectivity index (χ0n) is 9.16. The van der Waals surface area contributed by atoms with E-state index >= 15 is 0 Å². The Morgan fingerprint density at radius 1 is 1.25 bits per heavy atom. The second-order valence-corrected chi connectivity index (χ2v) is 3.51. The number of nitrogens with zero attached hydrogens (tertiary/aromatic N) is 1. The first-order valence-electron chi connectivity index (χ1n) is 5.13. The van der Waals surface area contributed by atoms with Gasteiger partial charge in [-0.1, -0.05) is 12.1 Å². The Morgan fingerprint density at radius 3 is 2.50 bits per heavy atom. The highest BCUT2D eigenvalue weighted by Gasteiger charge is 2.19. The average Bonchev–Trinajstić information content (AvgIpc) is 2.33. The van der Waals surface area contributed by atoms with Crippen LogP contribution in [0.25, 0.3) is 0 Å². The van der Waals surface area contributed by atoms with Gasteiger partial charge in [-0.25, -0.2) is 0 Å². The van der Waals surface area contributed by atoms with E-state index < -0.39 is 0 Å². The van der Waals surface area contributed by atoms with Gasteiger partial charge in [0.05, 0.1) is 19.1 Å². The SMILES string of the molecule is COCc1ccc(CC#N)c2c1OCCO2. The molecule has 2 rings (SSSR count). The highest BCUT2D eigenvalue weighted by atomic mass is 16.6. The Labute approximate surface area is 94.3 Å². The third-order valence-corrected chi connectivity index (χ3v) is 2.42. The summed E-state index contributed by atoms with van der Waals surface area (Å²) in [5.74, 6) is 1.42. The van der Waals surface area contributed by atoms with Crippen molar-refractivity contribution in [2.45, 2.75) is 13.0 Å². The summed E-state index contributed by atoms with van der Waals surface area (Å²) in [6.07, 6.45) is 0.332. The summed E-state index contributed by atoms with van der Waals surface area (Å²) in [4.78, 5) is 0. The second-order valence-electron chi connectivity index (χ2n) is 3.51. The van der Waals surface area contributed by atoms with E-state index in [0.717, 1.165) is 16.9 Å². The number of hydrogen-bond acceptors (Lipinski definition) is 4. The van der Waals surface area contributed by atoms with Crippen molar-refractivity contribution in [1.29, 1.82) is 5.26 Å². The maximum Gasteiger partial charge on any atom is 0.167 e. The predicted molar refractivity (Wildman–Crippen MR) is 57.5 cm³/mol. The summed E-state index contributed by atoms with van der Waals surface area (Å²) in [6, 6.07) is 5.93. The molecule has 0 unspecified atom stereocenters. The third-order valence-electron chi connectivity index (χ3n) is 2.42. The Morgan fingerprint density at radius 2 is 1.88 bits per heavy atom. The summed E-state index contributed by atoms with van der Waals surface area (Å²) < 4.78 is 16.2. The fraction of sp³-hybridized carbons (Fsp3) is 0.417. The van der Waals surface area contributed by atoms with Crippen LogP contribution in [-0.4, -0.2) is 20.3 Å². The van der Waals surface area contributed by atoms with E-state index in [1.165, 1.54) is 0 Å². The van der Waals surface area contributed by atoms with E-state index in [4.69, 9.17) is 19.5 Å². The predicted octanol–water partition coefficient (Wildman–Crippen LogP) is 1.67. The molecule has 1 aromatic carbocycles. The zero-order chi connectivity index (χ0) is 11.4. The maximum atomic E-state index is 8.72. The number of rotatable bonds is 3. The molecule has 0 saturated heterocycles. The van der Waals surface area contributed by atoms with Crippen LogP contribution in [0.2, 0.25) is 0 Å². The van der Waals surface area contributed by atoms with Gasteiger partial charge in [-0.15, -0.1) is 0 Å². The summed E-state index contributed by atoms with van der Waals surface area (Å²) in [7, 11) is 1.64. The van der Waals surface area contributed by atoms with Gasteiger partial charge in [0.15, 0.2) is 11.5 Å². The summed E-state index contributed by atoms with van der Waals surface area (Å²) >= 11 is 0. The molecular formula is C12H13NO3. The normalized spacial score (nSPS) is 13.2. The van der Waals surface area contributed by atoms with Crippen molar-refractivity contribution in [1.82, 2.24) is 0 Å². The molecule has 0 N–H and O–H groups in total. The molecule has 0 atom stereocenters. The van der Waals surface area contributed by atoms with Crippen LogP contribution < -0.4 is 9.47 Å². The van der Waals surface area contributed by atoms with Gasteiger partial charge in [0.2, 0.25) is 0 Å². The lowest BCUT2D eigenvalue weighted by molar-refractivity contribution is 0.152. The minimum Gasteiger partial charge on any atom is -0.486 e. The molecule has 0 fully saturated rings. The van der Waals surface area contributed by atoms with Crippen LogP contribution >= 0.6 is 0 Å². The van der Waals surface area contributed by atoms with Gasteiger partial charge in [-0.3, -0.25) is 0 Å². The topological polar surface area (TPSA) is 51.5 Å². The summed E-state index contributed by atoms with van der Waals surface area (Å²) in [5.41, 5.74) is 1.83. The fourth-order valence-corrected chi connectivity index (χ4v) is 1.74. The molecule has 0 aliphatic carbocycles. The molecule has 84 valence electrons. The molecule has 0 spiro atoms. The van der Waals surface area contributed by atoms with Crippen LogP contribution in [0.1, 0.15) is 11.1 Å². The second kappa shape index (κ2) is 4.86. The Balaban J connectivity index is 2.42. The van der Waals surface area contributed by atoms with Crippen molar-refractivity contribution in [3.05, 3.63) is 23.3 Å². The minimum atomic E-state index is 0.332. The van der Waals surface area contributed by atoms with Gasteiger partial charge in [0.1, 0.15) is 13.2 Å². The lowest BCUT2D eigenvalue weighted by Gasteiger charge is -2.22. The maximum absolute atomic E-state index is 8.72. The van der Waals surface area contributed by atoms with E-state index in [1.807, 2.05) is 12.1 Å². The van der Waals surface area contributed by atoms with E-state index in [1.54, 1.807) is 7.11 Å². The van der Waals surface area contributed by atoms with Crippen LogP contribution in [0.15, 0.2) is 12.1 Å². The minimum absolute atomic E-state index is 0.332. The van der Waals surface area contributed by atoms with Crippen molar-refractivity contribution < 1.29 is 14.2 Å². The molecule has 4 heteroatoms. The van der Waals surface area contributed by atoms with Gasteiger partial charge in [-0.05, 0) is 0 Å². The lowest BCUT2D eigenvalue weighted by atomic mass is 10.1. The number of nitriles is 1. The highest BCUT2D eigenvalue weighted by molar-refractivity contribution is 5.53. The number of fused-ring (bicyclic) bond motifs is 1. The first-order chi connectivity index (χ1) is 7.86. The molecule has 1 aliphatic rings. The van der Waals surface area contributed by atoms with Crippen molar-refractivity contribution in [3.63, 3.8) is 0 Å². The van der Waals surface area contributed by atoms with E-state index in [-0.39, 0.29) is 0 Å². The Kier molecular flexibility index (Phi) is 3.28. The van der Waals surface area contributed by atoms with Gasteiger partial charge < -0.3 is 14.2 Å². The molecule has 16 heavy (non-hydrogen) atoms. The van der Waals surface area contributed by atoms with Gasteiger partial charge in [0.25, 0.3) is 0 Å². The number of benzene rings is 1. The Bertz CT molecular complexity index is 423. The summed E-state index contributed by atoms with van der Waals surface area (Å²) in [6.45, 7) is 1.56. The van der Waals surface area contributed by atoms with E-state index in [0.29, 0.717) is 32.0 Å². The first-order valence-corrected chi connectivity index (χ1v) is 5.13. The smallest absolute Gasteiger partial charge is 0.167 e. The molecule has 0 saturated carbocycles.